The van der Waals surface area contributed by atoms with Crippen LogP contribution in [0, 0.1) is 17.6 Å². The first-order chi connectivity index (χ1) is 17.0. The minimum absolute atomic E-state index is 0.0409. The van der Waals surface area contributed by atoms with Crippen molar-refractivity contribution in [1.29, 1.82) is 0 Å². The van der Waals surface area contributed by atoms with E-state index in [4.69, 9.17) is 33.2 Å². The highest BCUT2D eigenvalue weighted by atomic mass is 35.5. The van der Waals surface area contributed by atoms with Crippen LogP contribution in [0.3, 0.4) is 0 Å². The van der Waals surface area contributed by atoms with Crippen molar-refractivity contribution in [3.05, 3.63) is 75.7 Å². The topological polar surface area (TPSA) is 55.6 Å². The molecule has 1 aliphatic heterocycles. The number of aromatic nitrogens is 4. The Morgan fingerprint density at radius 2 is 1.63 bits per heavy atom. The first-order valence-electron chi connectivity index (χ1n) is 11.8. The summed E-state index contributed by atoms with van der Waals surface area (Å²) in [7, 11) is 0. The molecule has 0 amide bonds. The third-order valence-electron chi connectivity index (χ3n) is 6.60. The molecule has 5 nitrogen and oxygen atoms in total. The Bertz CT molecular complexity index is 1310. The van der Waals surface area contributed by atoms with Gasteiger partial charge in [-0.1, -0.05) is 35.3 Å². The van der Waals surface area contributed by atoms with Crippen LogP contribution in [0.25, 0.3) is 22.6 Å². The summed E-state index contributed by atoms with van der Waals surface area (Å²) in [6, 6.07) is 9.27. The van der Waals surface area contributed by atoms with Crippen LogP contribution in [-0.2, 0) is 19.4 Å². The standard InChI is InChI=1S/C26H25Cl2F2N5/c27-18-3-1-4-19(28)24(18)26-33-22-15-32-23(8-7-17-20(29)5-2-6-21(17)30)34-25(22)35(26)14-11-16-9-12-31-13-10-16/h1-6,15-16,31H,7-14H2. The number of imidazole rings is 1. The quantitative estimate of drug-likeness (QED) is 0.316. The molecule has 0 unspecified atom stereocenters. The number of nitrogens with one attached hydrogen (secondary N) is 1. The molecule has 182 valence electrons. The number of aryl methyl sites for hydroxylation is 2. The van der Waals surface area contributed by atoms with Crippen LogP contribution in [0.1, 0.15) is 30.7 Å². The predicted octanol–water partition coefficient (Wildman–Crippen LogP) is 6.25. The number of benzene rings is 2. The van der Waals surface area contributed by atoms with Gasteiger partial charge in [0.25, 0.3) is 0 Å². The Hall–Kier alpha value is -2.61. The molecule has 2 aromatic heterocycles. The first-order valence-corrected chi connectivity index (χ1v) is 12.6. The fourth-order valence-electron chi connectivity index (χ4n) is 4.68. The summed E-state index contributed by atoms with van der Waals surface area (Å²) in [5.41, 5.74) is 2.00. The maximum absolute atomic E-state index is 14.1. The van der Waals surface area contributed by atoms with Gasteiger partial charge in [0.1, 0.15) is 28.8 Å². The Morgan fingerprint density at radius 1 is 0.943 bits per heavy atom. The van der Waals surface area contributed by atoms with Crippen LogP contribution >= 0.6 is 23.2 Å². The summed E-state index contributed by atoms with van der Waals surface area (Å²) in [4.78, 5) is 14.0. The maximum atomic E-state index is 14.1. The molecule has 3 heterocycles. The van der Waals surface area contributed by atoms with Gasteiger partial charge < -0.3 is 9.88 Å². The van der Waals surface area contributed by atoms with Crippen molar-refractivity contribution in [2.24, 2.45) is 5.92 Å². The summed E-state index contributed by atoms with van der Waals surface area (Å²) in [5.74, 6) is 0.632. The first kappa shape index (κ1) is 24.1. The van der Waals surface area contributed by atoms with Crippen molar-refractivity contribution in [1.82, 2.24) is 24.8 Å². The summed E-state index contributed by atoms with van der Waals surface area (Å²) in [6.45, 7) is 2.76. The van der Waals surface area contributed by atoms with E-state index in [1.165, 1.54) is 18.2 Å². The molecule has 0 aliphatic carbocycles. The van der Waals surface area contributed by atoms with Crippen LogP contribution in [0.4, 0.5) is 8.78 Å². The third kappa shape index (κ3) is 5.17. The maximum Gasteiger partial charge on any atom is 0.164 e. The molecule has 1 fully saturated rings. The summed E-state index contributed by atoms with van der Waals surface area (Å²) in [5, 5.41) is 4.43. The number of hydrogen-bond acceptors (Lipinski definition) is 4. The van der Waals surface area contributed by atoms with Gasteiger partial charge in [0.05, 0.1) is 21.8 Å². The smallest absolute Gasteiger partial charge is 0.164 e. The van der Waals surface area contributed by atoms with Crippen LogP contribution in [-0.4, -0.2) is 32.6 Å². The van der Waals surface area contributed by atoms with E-state index in [9.17, 15) is 8.78 Å². The molecule has 5 rings (SSSR count). The molecule has 0 saturated carbocycles. The van der Waals surface area contributed by atoms with Gasteiger partial charge in [-0.15, -0.1) is 0 Å². The molecule has 2 aromatic carbocycles. The van der Waals surface area contributed by atoms with Crippen LogP contribution < -0.4 is 5.32 Å². The zero-order chi connectivity index (χ0) is 24.4. The van der Waals surface area contributed by atoms with Crippen molar-refractivity contribution < 1.29 is 8.78 Å². The van der Waals surface area contributed by atoms with Crippen LogP contribution in [0.5, 0.6) is 0 Å². The molecule has 4 aromatic rings. The molecule has 1 saturated heterocycles. The molecule has 35 heavy (non-hydrogen) atoms. The SMILES string of the molecule is Fc1cccc(F)c1CCc1ncc2nc(-c3c(Cl)cccc3Cl)n(CCC3CCNCC3)c2n1. The lowest BCUT2D eigenvalue weighted by Crippen LogP contribution is -2.28. The summed E-state index contributed by atoms with van der Waals surface area (Å²) in [6.07, 6.45) is 5.35. The van der Waals surface area contributed by atoms with Gasteiger partial charge in [0.15, 0.2) is 5.65 Å². The van der Waals surface area contributed by atoms with E-state index in [-0.39, 0.29) is 12.0 Å². The van der Waals surface area contributed by atoms with Crippen molar-refractivity contribution in [2.75, 3.05) is 13.1 Å². The van der Waals surface area contributed by atoms with E-state index >= 15 is 0 Å². The minimum atomic E-state index is -0.561. The summed E-state index contributed by atoms with van der Waals surface area (Å²) >= 11 is 13.1. The Labute approximate surface area is 212 Å². The Kier molecular flexibility index (Phi) is 7.27. The molecule has 0 spiro atoms. The van der Waals surface area contributed by atoms with E-state index in [1.54, 1.807) is 24.4 Å². The second-order valence-corrected chi connectivity index (χ2v) is 9.68. The number of halogens is 4. The van der Waals surface area contributed by atoms with Gasteiger partial charge in [-0.05, 0) is 69.0 Å². The molecule has 0 atom stereocenters. The second-order valence-electron chi connectivity index (χ2n) is 8.86. The normalized spacial score (nSPS) is 14.6. The Balaban J connectivity index is 1.51. The van der Waals surface area contributed by atoms with E-state index in [2.05, 4.69) is 14.9 Å². The zero-order valence-corrected chi connectivity index (χ0v) is 20.6. The summed E-state index contributed by atoms with van der Waals surface area (Å²) < 4.78 is 30.2. The van der Waals surface area contributed by atoms with Crippen molar-refractivity contribution in [3.63, 3.8) is 0 Å². The largest absolute Gasteiger partial charge is 0.317 e. The lowest BCUT2D eigenvalue weighted by atomic mass is 9.95. The minimum Gasteiger partial charge on any atom is -0.317 e. The fourth-order valence-corrected chi connectivity index (χ4v) is 5.25. The molecule has 1 aliphatic rings. The number of fused-ring (bicyclic) bond motifs is 1. The van der Waals surface area contributed by atoms with Crippen LogP contribution in [0.2, 0.25) is 10.0 Å². The fraction of sp³-hybridized carbons (Fsp3) is 0.346. The lowest BCUT2D eigenvalue weighted by molar-refractivity contribution is 0.339. The molecular weight excluding hydrogens is 491 g/mol. The van der Waals surface area contributed by atoms with Crippen molar-refractivity contribution >= 4 is 34.4 Å². The molecular formula is C26H25Cl2F2N5. The molecule has 0 radical (unpaired) electrons. The monoisotopic (exact) mass is 515 g/mol. The molecule has 0 bridgehead atoms. The highest BCUT2D eigenvalue weighted by molar-refractivity contribution is 6.39. The number of nitrogens with zero attached hydrogens (tertiary/aromatic N) is 4. The van der Waals surface area contributed by atoms with Crippen molar-refractivity contribution in [2.45, 2.75) is 38.6 Å². The predicted molar refractivity (Wildman–Crippen MR) is 135 cm³/mol. The zero-order valence-electron chi connectivity index (χ0n) is 19.1. The van der Waals surface area contributed by atoms with E-state index in [0.717, 1.165) is 32.4 Å². The average Bonchev–Trinajstić information content (AvgIpc) is 3.20. The van der Waals surface area contributed by atoms with E-state index < -0.39 is 11.6 Å². The Morgan fingerprint density at radius 3 is 2.34 bits per heavy atom. The van der Waals surface area contributed by atoms with Gasteiger partial charge in [-0.3, -0.25) is 0 Å². The van der Waals surface area contributed by atoms with Gasteiger partial charge in [0, 0.05) is 18.5 Å². The highest BCUT2D eigenvalue weighted by Crippen LogP contribution is 2.36. The molecule has 1 N–H and O–H groups in total. The van der Waals surface area contributed by atoms with E-state index in [0.29, 0.717) is 57.3 Å². The third-order valence-corrected chi connectivity index (χ3v) is 7.23. The van der Waals surface area contributed by atoms with E-state index in [1.807, 2.05) is 0 Å². The van der Waals surface area contributed by atoms with Gasteiger partial charge >= 0.3 is 0 Å². The number of piperidine rings is 1. The number of hydrogen-bond donors (Lipinski definition) is 1. The van der Waals surface area contributed by atoms with Crippen molar-refractivity contribution in [3.8, 4) is 11.4 Å². The van der Waals surface area contributed by atoms with Gasteiger partial charge in [-0.2, -0.15) is 0 Å². The van der Waals surface area contributed by atoms with Gasteiger partial charge in [0.2, 0.25) is 0 Å². The van der Waals surface area contributed by atoms with Crippen LogP contribution in [0.15, 0.2) is 42.6 Å². The highest BCUT2D eigenvalue weighted by Gasteiger charge is 2.21. The molecule has 9 heteroatoms. The lowest BCUT2D eigenvalue weighted by Gasteiger charge is -2.23. The number of rotatable bonds is 7. The second kappa shape index (κ2) is 10.6. The van der Waals surface area contributed by atoms with Gasteiger partial charge in [-0.25, -0.2) is 23.7 Å². The average molecular weight is 516 g/mol.